The van der Waals surface area contributed by atoms with Crippen LogP contribution in [0.3, 0.4) is 0 Å². The second-order valence-electron chi connectivity index (χ2n) is 7.41. The third-order valence-corrected chi connectivity index (χ3v) is 5.47. The number of carboxylic acid groups (broad SMARTS) is 1. The van der Waals surface area contributed by atoms with Crippen molar-refractivity contribution in [1.82, 2.24) is 4.98 Å². The number of aliphatic carboxylic acids is 1. The number of benzene rings is 1. The highest BCUT2D eigenvalue weighted by molar-refractivity contribution is 6.31. The van der Waals surface area contributed by atoms with Crippen molar-refractivity contribution in [3.8, 4) is 0 Å². The molecule has 1 saturated heterocycles. The molecule has 2 atom stereocenters. The van der Waals surface area contributed by atoms with Gasteiger partial charge in [0.05, 0.1) is 22.2 Å². The van der Waals surface area contributed by atoms with Crippen LogP contribution in [-0.4, -0.2) is 41.6 Å². The molecule has 0 bridgehead atoms. The van der Waals surface area contributed by atoms with Gasteiger partial charge >= 0.3 is 12.1 Å². The number of pyridine rings is 1. The van der Waals surface area contributed by atoms with Crippen LogP contribution in [0.4, 0.5) is 33.5 Å². The quantitative estimate of drug-likeness (QED) is 0.525. The summed E-state index contributed by atoms with van der Waals surface area (Å²) < 4.78 is 67.5. The Kier molecular flexibility index (Phi) is 6.32. The number of aryl methyl sites for hydroxylation is 1. The minimum atomic E-state index is -4.68. The molecular weight excluding hydrogens is 461 g/mol. The number of alkyl halides is 3. The summed E-state index contributed by atoms with van der Waals surface area (Å²) in [5, 5.41) is 8.97. The molecule has 0 saturated carbocycles. The number of anilines is 2. The summed E-state index contributed by atoms with van der Waals surface area (Å²) in [4.78, 5) is 30.7. The Labute approximate surface area is 184 Å². The van der Waals surface area contributed by atoms with Crippen molar-refractivity contribution in [2.24, 2.45) is 5.92 Å². The third-order valence-electron chi connectivity index (χ3n) is 5.18. The highest BCUT2D eigenvalue weighted by Gasteiger charge is 2.43. The Morgan fingerprint density at radius 2 is 1.84 bits per heavy atom. The van der Waals surface area contributed by atoms with Crippen LogP contribution < -0.4 is 9.80 Å². The van der Waals surface area contributed by atoms with Gasteiger partial charge in [-0.1, -0.05) is 11.6 Å². The number of nitrogens with zero attached hydrogens (tertiary/aromatic N) is 3. The molecule has 1 aromatic carbocycles. The van der Waals surface area contributed by atoms with Crippen molar-refractivity contribution in [2.75, 3.05) is 23.4 Å². The van der Waals surface area contributed by atoms with Crippen molar-refractivity contribution < 1.29 is 36.6 Å². The molecule has 12 heteroatoms. The van der Waals surface area contributed by atoms with E-state index in [2.05, 4.69) is 4.98 Å². The number of likely N-dealkylation sites (N-methyl/N-ethyl adjacent to an activating group) is 1. The predicted octanol–water partition coefficient (Wildman–Crippen LogP) is 4.28. The summed E-state index contributed by atoms with van der Waals surface area (Å²) in [6.45, 7) is 1.06. The van der Waals surface area contributed by atoms with Crippen LogP contribution in [0.1, 0.15) is 17.7 Å². The molecule has 2 aromatic rings. The molecule has 0 unspecified atom stereocenters. The van der Waals surface area contributed by atoms with E-state index in [0.29, 0.717) is 6.07 Å². The molecule has 1 aliphatic rings. The van der Waals surface area contributed by atoms with Crippen molar-refractivity contribution in [3.63, 3.8) is 0 Å². The average Bonchev–Trinajstić information content (AvgIpc) is 3.14. The van der Waals surface area contributed by atoms with Gasteiger partial charge in [0, 0.05) is 25.4 Å². The molecule has 3 rings (SSSR count). The Bertz CT molecular complexity index is 1080. The lowest BCUT2D eigenvalue weighted by atomic mass is 10.1. The molecule has 0 radical (unpaired) electrons. The largest absolute Gasteiger partial charge is 0.481 e. The number of carboxylic acids is 1. The van der Waals surface area contributed by atoms with E-state index in [0.717, 1.165) is 28.0 Å². The van der Waals surface area contributed by atoms with Crippen LogP contribution in [0.25, 0.3) is 0 Å². The summed E-state index contributed by atoms with van der Waals surface area (Å²) in [7, 11) is 1.17. The zero-order chi connectivity index (χ0) is 24.0. The van der Waals surface area contributed by atoms with E-state index < -0.39 is 52.2 Å². The lowest BCUT2D eigenvalue weighted by molar-refractivity contribution is -0.141. The van der Waals surface area contributed by atoms with E-state index >= 15 is 0 Å². The molecule has 6 nitrogen and oxygen atoms in total. The highest BCUT2D eigenvalue weighted by Crippen LogP contribution is 2.36. The van der Waals surface area contributed by atoms with Gasteiger partial charge in [-0.3, -0.25) is 9.59 Å². The number of hydrogen-bond donors (Lipinski definition) is 1. The Hall–Kier alpha value is -2.95. The number of halogens is 6. The van der Waals surface area contributed by atoms with Gasteiger partial charge in [-0.05, 0) is 31.5 Å². The minimum absolute atomic E-state index is 0.0181. The Balaban J connectivity index is 2.02. The standard InChI is InChI=1S/C20H17ClF5N3O3/c1-9-3-11(20(24,25)26)5-17(27-9)29-8-10(19(31)32)4-16(29)18(30)28(2)15-6-12(21)13(22)7-14(15)23/h3,5-7,10,16H,4,8H2,1-2H3,(H,31,32)/t10-,16-/m0/s1. The van der Waals surface area contributed by atoms with E-state index in [4.69, 9.17) is 11.6 Å². The summed E-state index contributed by atoms with van der Waals surface area (Å²) in [5.41, 5.74) is -1.35. The molecule has 172 valence electrons. The third kappa shape index (κ3) is 4.62. The maximum atomic E-state index is 14.3. The fraction of sp³-hybridized carbons (Fsp3) is 0.350. The van der Waals surface area contributed by atoms with Crippen LogP contribution >= 0.6 is 11.6 Å². The van der Waals surface area contributed by atoms with Crippen LogP contribution in [0, 0.1) is 24.5 Å². The van der Waals surface area contributed by atoms with E-state index in [9.17, 15) is 36.6 Å². The van der Waals surface area contributed by atoms with Gasteiger partial charge in [0.25, 0.3) is 0 Å². The van der Waals surface area contributed by atoms with Crippen LogP contribution in [0.5, 0.6) is 0 Å². The molecule has 1 aliphatic heterocycles. The van der Waals surface area contributed by atoms with Crippen molar-refractivity contribution in [3.05, 3.63) is 52.2 Å². The molecule has 2 heterocycles. The number of carbonyl (C=O) groups is 2. The van der Waals surface area contributed by atoms with E-state index in [1.807, 2.05) is 0 Å². The Morgan fingerprint density at radius 1 is 1.19 bits per heavy atom. The van der Waals surface area contributed by atoms with Gasteiger partial charge < -0.3 is 14.9 Å². The normalized spacial score (nSPS) is 18.7. The number of amides is 1. The van der Waals surface area contributed by atoms with Gasteiger partial charge in [-0.2, -0.15) is 13.2 Å². The minimum Gasteiger partial charge on any atom is -0.481 e. The molecule has 0 aliphatic carbocycles. The summed E-state index contributed by atoms with van der Waals surface area (Å²) in [6.07, 6.45) is -4.93. The molecule has 0 spiro atoms. The first-order valence-electron chi connectivity index (χ1n) is 9.27. The zero-order valence-electron chi connectivity index (χ0n) is 16.8. The second kappa shape index (κ2) is 8.53. The number of aromatic nitrogens is 1. The fourth-order valence-corrected chi connectivity index (χ4v) is 3.73. The van der Waals surface area contributed by atoms with Crippen molar-refractivity contribution >= 4 is 35.0 Å². The molecule has 32 heavy (non-hydrogen) atoms. The van der Waals surface area contributed by atoms with Gasteiger partial charge in [0.15, 0.2) is 0 Å². The van der Waals surface area contributed by atoms with Crippen LogP contribution in [0.15, 0.2) is 24.3 Å². The van der Waals surface area contributed by atoms with Gasteiger partial charge in [-0.15, -0.1) is 0 Å². The summed E-state index contributed by atoms with van der Waals surface area (Å²) in [6, 6.07) is 1.69. The first-order valence-corrected chi connectivity index (χ1v) is 9.64. The monoisotopic (exact) mass is 477 g/mol. The van der Waals surface area contributed by atoms with E-state index in [-0.39, 0.29) is 30.2 Å². The number of carbonyl (C=O) groups excluding carboxylic acids is 1. The SMILES string of the molecule is Cc1cc(C(F)(F)F)cc(N2C[C@@H](C(=O)O)C[C@H]2C(=O)N(C)c2cc(Cl)c(F)cc2F)n1. The second-order valence-corrected chi connectivity index (χ2v) is 7.81. The summed E-state index contributed by atoms with van der Waals surface area (Å²) >= 11 is 5.68. The molecule has 1 N–H and O–H groups in total. The average molecular weight is 478 g/mol. The summed E-state index contributed by atoms with van der Waals surface area (Å²) in [5.74, 6) is -5.48. The maximum absolute atomic E-state index is 14.3. The van der Waals surface area contributed by atoms with E-state index in [1.165, 1.54) is 14.0 Å². The molecule has 1 aromatic heterocycles. The lowest BCUT2D eigenvalue weighted by Gasteiger charge is -2.29. The number of rotatable bonds is 4. The lowest BCUT2D eigenvalue weighted by Crippen LogP contribution is -2.45. The van der Waals surface area contributed by atoms with Gasteiger partial charge in [0.1, 0.15) is 23.5 Å². The maximum Gasteiger partial charge on any atom is 0.416 e. The Morgan fingerprint density at radius 3 is 2.44 bits per heavy atom. The zero-order valence-corrected chi connectivity index (χ0v) is 17.5. The number of hydrogen-bond acceptors (Lipinski definition) is 4. The van der Waals surface area contributed by atoms with Gasteiger partial charge in [-0.25, -0.2) is 13.8 Å². The molecule has 1 amide bonds. The molecular formula is C20H17ClF5N3O3. The smallest absolute Gasteiger partial charge is 0.416 e. The van der Waals surface area contributed by atoms with Crippen LogP contribution in [-0.2, 0) is 15.8 Å². The topological polar surface area (TPSA) is 73.7 Å². The first-order chi connectivity index (χ1) is 14.8. The van der Waals surface area contributed by atoms with Crippen molar-refractivity contribution in [2.45, 2.75) is 25.6 Å². The van der Waals surface area contributed by atoms with Crippen molar-refractivity contribution in [1.29, 1.82) is 0 Å². The van der Waals surface area contributed by atoms with Gasteiger partial charge in [0.2, 0.25) is 5.91 Å². The van der Waals surface area contributed by atoms with Crippen LogP contribution in [0.2, 0.25) is 5.02 Å². The molecule has 1 fully saturated rings. The first kappa shape index (κ1) is 23.7. The van der Waals surface area contributed by atoms with E-state index in [1.54, 1.807) is 0 Å². The fourth-order valence-electron chi connectivity index (χ4n) is 3.58. The highest BCUT2D eigenvalue weighted by atomic mass is 35.5. The predicted molar refractivity (Wildman–Crippen MR) is 106 cm³/mol.